The van der Waals surface area contributed by atoms with Gasteiger partial charge < -0.3 is 23.5 Å². The number of methoxy groups -OCH3 is 1. The molecule has 1 atom stereocenters. The zero-order chi connectivity index (χ0) is 31.7. The van der Waals surface area contributed by atoms with E-state index in [1.807, 2.05) is 31.2 Å². The van der Waals surface area contributed by atoms with Crippen LogP contribution in [0, 0.1) is 6.92 Å². The maximum Gasteiger partial charge on any atom is 0.333 e. The van der Waals surface area contributed by atoms with Crippen LogP contribution in [-0.4, -0.2) is 64.4 Å². The molecule has 1 amide bonds. The number of aryl methyl sites for hydroxylation is 1. The third-order valence-electron chi connectivity index (χ3n) is 8.92. The number of oxazole rings is 1. The number of rotatable bonds is 9. The predicted octanol–water partition coefficient (Wildman–Crippen LogP) is 4.88. The van der Waals surface area contributed by atoms with Crippen LogP contribution in [0.5, 0.6) is 5.75 Å². The molecule has 12 heteroatoms. The van der Waals surface area contributed by atoms with Gasteiger partial charge in [-0.1, -0.05) is 18.2 Å². The van der Waals surface area contributed by atoms with Gasteiger partial charge in [-0.2, -0.15) is 0 Å². The van der Waals surface area contributed by atoms with Gasteiger partial charge >= 0.3 is 5.69 Å². The quantitative estimate of drug-likeness (QED) is 0.255. The van der Waals surface area contributed by atoms with Crippen LogP contribution < -0.4 is 16.0 Å². The molecule has 5 heterocycles. The Labute approximate surface area is 265 Å². The average Bonchev–Trinajstić information content (AvgIpc) is 3.71. The number of hydrogen-bond donors (Lipinski definition) is 0. The first-order chi connectivity index (χ1) is 21.7. The van der Waals surface area contributed by atoms with E-state index < -0.39 is 22.9 Å². The van der Waals surface area contributed by atoms with Crippen molar-refractivity contribution in [1.82, 2.24) is 19.0 Å². The molecule has 4 aromatic rings. The normalized spacial score (nSPS) is 17.1. The summed E-state index contributed by atoms with van der Waals surface area (Å²) in [6.07, 6.45) is 6.63. The van der Waals surface area contributed by atoms with E-state index in [-0.39, 0.29) is 18.6 Å². The number of carbonyl (C=O) groups is 1. The van der Waals surface area contributed by atoms with E-state index >= 15 is 0 Å². The number of aromatic nitrogens is 3. The molecule has 240 valence electrons. The summed E-state index contributed by atoms with van der Waals surface area (Å²) in [6.45, 7) is 7.64. The summed E-state index contributed by atoms with van der Waals surface area (Å²) >= 11 is 1.28. The molecule has 6 rings (SSSR count). The number of amides is 1. The Morgan fingerprint density at radius 2 is 1.87 bits per heavy atom. The maximum atomic E-state index is 14.7. The van der Waals surface area contributed by atoms with Crippen LogP contribution in [-0.2, 0) is 26.4 Å². The highest BCUT2D eigenvalue weighted by Crippen LogP contribution is 2.38. The van der Waals surface area contributed by atoms with Crippen LogP contribution in [0.4, 0.5) is 0 Å². The molecule has 2 saturated heterocycles. The van der Waals surface area contributed by atoms with Gasteiger partial charge in [-0.3, -0.25) is 14.2 Å². The van der Waals surface area contributed by atoms with Crippen molar-refractivity contribution in [2.24, 2.45) is 0 Å². The minimum absolute atomic E-state index is 0.0872. The van der Waals surface area contributed by atoms with E-state index in [1.165, 1.54) is 17.6 Å². The SMILES string of the molecule is COc1ccccc1[C@H](Cn1c(=O)n(C(C)(C)C(=O)N2CCCCC2)c(=O)c2c(C)c(-c3ncco3)sc21)OC1CCOCC1. The smallest absolute Gasteiger partial charge is 0.333 e. The number of ether oxygens (including phenoxy) is 3. The summed E-state index contributed by atoms with van der Waals surface area (Å²) in [5, 5.41) is 0.358. The Balaban J connectivity index is 1.55. The van der Waals surface area contributed by atoms with E-state index in [9.17, 15) is 14.4 Å². The third kappa shape index (κ3) is 5.86. The molecule has 0 unspecified atom stereocenters. The summed E-state index contributed by atoms with van der Waals surface area (Å²) < 4.78 is 26.4. The van der Waals surface area contributed by atoms with Crippen LogP contribution in [0.15, 0.2) is 50.7 Å². The average molecular weight is 637 g/mol. The lowest BCUT2D eigenvalue weighted by atomic mass is 10.00. The van der Waals surface area contributed by atoms with Gasteiger partial charge in [0.05, 0.1) is 36.2 Å². The van der Waals surface area contributed by atoms with Crippen LogP contribution >= 0.6 is 11.3 Å². The maximum absolute atomic E-state index is 14.7. The van der Waals surface area contributed by atoms with E-state index in [1.54, 1.807) is 36.6 Å². The zero-order valence-corrected chi connectivity index (χ0v) is 27.1. The van der Waals surface area contributed by atoms with Gasteiger partial charge in [0.2, 0.25) is 11.8 Å². The first kappa shape index (κ1) is 31.3. The molecule has 2 fully saturated rings. The fourth-order valence-electron chi connectivity index (χ4n) is 6.48. The van der Waals surface area contributed by atoms with Crippen LogP contribution in [0.2, 0.25) is 0 Å². The van der Waals surface area contributed by atoms with Crippen LogP contribution in [0.1, 0.15) is 63.2 Å². The number of para-hydroxylation sites is 1. The number of carbonyl (C=O) groups excluding carboxylic acids is 1. The molecular formula is C33H40N4O7S. The summed E-state index contributed by atoms with van der Waals surface area (Å²) in [6, 6.07) is 7.60. The van der Waals surface area contributed by atoms with Crippen molar-refractivity contribution >= 4 is 27.5 Å². The number of benzene rings is 1. The number of fused-ring (bicyclic) bond motifs is 1. The van der Waals surface area contributed by atoms with Gasteiger partial charge in [0.1, 0.15) is 28.5 Å². The Hall–Kier alpha value is -3.74. The Bertz CT molecular complexity index is 1780. The second-order valence-electron chi connectivity index (χ2n) is 12.2. The first-order valence-electron chi connectivity index (χ1n) is 15.6. The molecule has 0 radical (unpaired) electrons. The fraction of sp³-hybridized carbons (Fsp3) is 0.515. The Morgan fingerprint density at radius 3 is 2.56 bits per heavy atom. The van der Waals surface area contributed by atoms with Crippen LogP contribution in [0.3, 0.4) is 0 Å². The van der Waals surface area contributed by atoms with Crippen LogP contribution in [0.25, 0.3) is 21.0 Å². The number of nitrogens with zero attached hydrogens (tertiary/aromatic N) is 4. The third-order valence-corrected chi connectivity index (χ3v) is 10.2. The molecule has 3 aromatic heterocycles. The molecule has 0 bridgehead atoms. The lowest BCUT2D eigenvalue weighted by Crippen LogP contribution is -2.57. The molecule has 0 aliphatic carbocycles. The fourth-order valence-corrected chi connectivity index (χ4v) is 7.72. The molecule has 0 spiro atoms. The van der Waals surface area contributed by atoms with Crippen molar-refractivity contribution in [2.75, 3.05) is 33.4 Å². The molecule has 2 aliphatic heterocycles. The topological polar surface area (TPSA) is 118 Å². The molecule has 1 aromatic carbocycles. The molecule has 0 saturated carbocycles. The second-order valence-corrected chi connectivity index (χ2v) is 13.2. The number of thiophene rings is 1. The van der Waals surface area contributed by atoms with Crippen molar-refractivity contribution in [2.45, 2.75) is 77.2 Å². The number of likely N-dealkylation sites (tertiary alicyclic amines) is 1. The van der Waals surface area contributed by atoms with Crippen molar-refractivity contribution in [1.29, 1.82) is 0 Å². The Morgan fingerprint density at radius 1 is 1.13 bits per heavy atom. The monoisotopic (exact) mass is 636 g/mol. The largest absolute Gasteiger partial charge is 0.496 e. The molecular weight excluding hydrogens is 596 g/mol. The van der Waals surface area contributed by atoms with E-state index in [2.05, 4.69) is 4.98 Å². The lowest BCUT2D eigenvalue weighted by molar-refractivity contribution is -0.140. The highest BCUT2D eigenvalue weighted by molar-refractivity contribution is 7.22. The van der Waals surface area contributed by atoms with E-state index in [0.717, 1.165) is 42.2 Å². The minimum atomic E-state index is -1.43. The molecule has 11 nitrogen and oxygen atoms in total. The second kappa shape index (κ2) is 12.9. The van der Waals surface area contributed by atoms with Gasteiger partial charge in [0, 0.05) is 31.9 Å². The van der Waals surface area contributed by atoms with E-state index in [4.69, 9.17) is 18.6 Å². The van der Waals surface area contributed by atoms with Crippen molar-refractivity contribution in [3.05, 3.63) is 68.7 Å². The summed E-state index contributed by atoms with van der Waals surface area (Å²) in [4.78, 5) is 50.3. The predicted molar refractivity (Wildman–Crippen MR) is 171 cm³/mol. The number of hydrogen-bond acceptors (Lipinski definition) is 9. The highest BCUT2D eigenvalue weighted by Gasteiger charge is 2.39. The summed E-state index contributed by atoms with van der Waals surface area (Å²) in [5.41, 5.74) is -1.08. The minimum Gasteiger partial charge on any atom is -0.496 e. The molecule has 0 N–H and O–H groups in total. The van der Waals surface area contributed by atoms with Crippen molar-refractivity contribution in [3.63, 3.8) is 0 Å². The zero-order valence-electron chi connectivity index (χ0n) is 26.2. The lowest BCUT2D eigenvalue weighted by Gasteiger charge is -2.35. The Kier molecular flexibility index (Phi) is 8.98. The van der Waals surface area contributed by atoms with Gasteiger partial charge in [0.15, 0.2) is 0 Å². The van der Waals surface area contributed by atoms with Gasteiger partial charge in [0.25, 0.3) is 5.56 Å². The molecule has 2 aliphatic rings. The van der Waals surface area contributed by atoms with Crippen molar-refractivity contribution < 1.29 is 23.4 Å². The standard InChI is InChI=1S/C33H40N4O7S/c1-21-26-29(38)37(33(2,3)31(39)35-15-8-5-9-16-35)32(40)36(30(26)45-27(21)28-34-14-19-43-28)20-25(44-22-12-17-42-18-13-22)23-10-6-7-11-24(23)41-4/h6-7,10-11,14,19,22,25H,5,8-9,12-13,15-18,20H2,1-4H3/t25-/m0/s1. The van der Waals surface area contributed by atoms with Crippen molar-refractivity contribution in [3.8, 4) is 16.5 Å². The van der Waals surface area contributed by atoms with Gasteiger partial charge in [-0.15, -0.1) is 11.3 Å². The summed E-state index contributed by atoms with van der Waals surface area (Å²) in [7, 11) is 1.61. The first-order valence-corrected chi connectivity index (χ1v) is 16.4. The molecule has 45 heavy (non-hydrogen) atoms. The highest BCUT2D eigenvalue weighted by atomic mass is 32.1. The number of piperidine rings is 1. The van der Waals surface area contributed by atoms with Gasteiger partial charge in [-0.05, 0) is 64.5 Å². The van der Waals surface area contributed by atoms with E-state index in [0.29, 0.717) is 58.6 Å². The van der Waals surface area contributed by atoms with Gasteiger partial charge in [-0.25, -0.2) is 14.3 Å². The summed E-state index contributed by atoms with van der Waals surface area (Å²) in [5.74, 6) is 0.755.